The third kappa shape index (κ3) is 4.13. The van der Waals surface area contributed by atoms with E-state index < -0.39 is 0 Å². The normalized spacial score (nSPS) is 13.2. The number of amides is 2. The number of rotatable bonds is 7. The molecule has 1 aliphatic rings. The van der Waals surface area contributed by atoms with Crippen LogP contribution in [0.25, 0.3) is 10.6 Å². The minimum Gasteiger partial charge on any atom is -0.493 e. The Morgan fingerprint density at radius 1 is 1.23 bits per heavy atom. The molecule has 2 aromatic rings. The van der Waals surface area contributed by atoms with Crippen molar-refractivity contribution in [2.45, 2.75) is 25.8 Å². The van der Waals surface area contributed by atoms with Crippen LogP contribution >= 0.6 is 11.3 Å². The lowest BCUT2D eigenvalue weighted by Gasteiger charge is -2.08. The molecule has 3 rings (SSSR count). The summed E-state index contributed by atoms with van der Waals surface area (Å²) in [4.78, 5) is 29.1. The number of methoxy groups -OCH3 is 2. The molecule has 8 heteroatoms. The zero-order chi connectivity index (χ0) is 18.7. The minimum atomic E-state index is -0.294. The average Bonchev–Trinajstić information content (AvgIpc) is 3.37. The predicted octanol–water partition coefficient (Wildman–Crippen LogP) is 2.14. The van der Waals surface area contributed by atoms with Gasteiger partial charge in [0, 0.05) is 11.6 Å². The molecular weight excluding hydrogens is 354 g/mol. The molecule has 7 nitrogen and oxygen atoms in total. The highest BCUT2D eigenvalue weighted by atomic mass is 32.1. The molecule has 0 unspecified atom stereocenters. The fraction of sp³-hybridized carbons (Fsp3) is 0.389. The highest BCUT2D eigenvalue weighted by molar-refractivity contribution is 7.17. The van der Waals surface area contributed by atoms with Gasteiger partial charge in [-0.15, -0.1) is 11.3 Å². The molecule has 1 fully saturated rings. The van der Waals surface area contributed by atoms with E-state index in [2.05, 4.69) is 15.6 Å². The van der Waals surface area contributed by atoms with Gasteiger partial charge in [0.1, 0.15) is 9.88 Å². The van der Waals surface area contributed by atoms with Gasteiger partial charge in [-0.05, 0) is 38.0 Å². The SMILES string of the molecule is COc1ccc(-c2nc(C)c(C(=O)NCC(=O)NC3CC3)s2)cc1OC. The summed E-state index contributed by atoms with van der Waals surface area (Å²) in [7, 11) is 3.15. The first kappa shape index (κ1) is 18.2. The smallest absolute Gasteiger partial charge is 0.263 e. The molecule has 0 atom stereocenters. The summed E-state index contributed by atoms with van der Waals surface area (Å²) in [6.07, 6.45) is 2.03. The Morgan fingerprint density at radius 2 is 1.96 bits per heavy atom. The van der Waals surface area contributed by atoms with Gasteiger partial charge in [0.25, 0.3) is 5.91 Å². The molecule has 1 saturated carbocycles. The molecule has 1 aliphatic carbocycles. The highest BCUT2D eigenvalue weighted by Gasteiger charge is 2.24. The van der Waals surface area contributed by atoms with Crippen LogP contribution in [0.5, 0.6) is 11.5 Å². The second-order valence-corrected chi connectivity index (χ2v) is 7.03. The fourth-order valence-corrected chi connectivity index (χ4v) is 3.43. The lowest BCUT2D eigenvalue weighted by Crippen LogP contribution is -2.37. The zero-order valence-corrected chi connectivity index (χ0v) is 15.7. The first-order valence-corrected chi connectivity index (χ1v) is 9.11. The summed E-state index contributed by atoms with van der Waals surface area (Å²) in [5.74, 6) is 0.769. The number of nitrogens with zero attached hydrogens (tertiary/aromatic N) is 1. The van der Waals surface area contributed by atoms with E-state index in [-0.39, 0.29) is 24.4 Å². The van der Waals surface area contributed by atoms with Crippen LogP contribution in [0.2, 0.25) is 0 Å². The summed E-state index contributed by atoms with van der Waals surface area (Å²) in [6.45, 7) is 1.75. The quantitative estimate of drug-likeness (QED) is 0.774. The van der Waals surface area contributed by atoms with Crippen LogP contribution in [0.3, 0.4) is 0 Å². The third-order valence-corrected chi connectivity index (χ3v) is 5.19. The minimum absolute atomic E-state index is 0.0294. The van der Waals surface area contributed by atoms with E-state index in [0.717, 1.165) is 18.4 Å². The molecular formula is C18H21N3O4S. The fourth-order valence-electron chi connectivity index (χ4n) is 2.45. The summed E-state index contributed by atoms with van der Waals surface area (Å²) < 4.78 is 10.5. The Morgan fingerprint density at radius 3 is 2.62 bits per heavy atom. The number of hydrogen-bond acceptors (Lipinski definition) is 6. The summed E-state index contributed by atoms with van der Waals surface area (Å²) in [5.41, 5.74) is 1.46. The van der Waals surface area contributed by atoms with Crippen LogP contribution in [0.1, 0.15) is 28.2 Å². The van der Waals surface area contributed by atoms with Gasteiger partial charge in [-0.25, -0.2) is 4.98 Å². The molecule has 1 aromatic carbocycles. The van der Waals surface area contributed by atoms with Gasteiger partial charge in [0.2, 0.25) is 5.91 Å². The van der Waals surface area contributed by atoms with Crippen LogP contribution in [-0.4, -0.2) is 43.6 Å². The maximum absolute atomic E-state index is 12.4. The standard InChI is InChI=1S/C18H21N3O4S/c1-10-16(17(23)19-9-15(22)21-12-5-6-12)26-18(20-10)11-4-7-13(24-2)14(8-11)25-3/h4,7-8,12H,5-6,9H2,1-3H3,(H,19,23)(H,21,22). The van der Waals surface area contributed by atoms with Crippen molar-refractivity contribution in [3.63, 3.8) is 0 Å². The molecule has 2 N–H and O–H groups in total. The van der Waals surface area contributed by atoms with Crippen molar-refractivity contribution in [1.82, 2.24) is 15.6 Å². The Labute approximate surface area is 155 Å². The second kappa shape index (κ2) is 7.74. The number of hydrogen-bond donors (Lipinski definition) is 2. The van der Waals surface area contributed by atoms with Gasteiger partial charge in [-0.1, -0.05) is 0 Å². The van der Waals surface area contributed by atoms with Crippen molar-refractivity contribution >= 4 is 23.2 Å². The van der Waals surface area contributed by atoms with E-state index in [0.29, 0.717) is 27.1 Å². The number of carbonyl (C=O) groups excluding carboxylic acids is 2. The number of nitrogens with one attached hydrogen (secondary N) is 2. The molecule has 2 amide bonds. The first-order chi connectivity index (χ1) is 12.5. The Kier molecular flexibility index (Phi) is 5.41. The van der Waals surface area contributed by atoms with Gasteiger partial charge in [-0.3, -0.25) is 9.59 Å². The van der Waals surface area contributed by atoms with Crippen molar-refractivity contribution in [1.29, 1.82) is 0 Å². The monoisotopic (exact) mass is 375 g/mol. The second-order valence-electron chi connectivity index (χ2n) is 6.03. The van der Waals surface area contributed by atoms with Crippen molar-refractivity contribution < 1.29 is 19.1 Å². The number of aromatic nitrogens is 1. The van der Waals surface area contributed by atoms with Gasteiger partial charge < -0.3 is 20.1 Å². The van der Waals surface area contributed by atoms with Crippen LogP contribution in [0.15, 0.2) is 18.2 Å². The van der Waals surface area contributed by atoms with E-state index in [9.17, 15) is 9.59 Å². The topological polar surface area (TPSA) is 89.5 Å². The van der Waals surface area contributed by atoms with Gasteiger partial charge in [0.05, 0.1) is 26.5 Å². The van der Waals surface area contributed by atoms with E-state index in [1.54, 1.807) is 27.2 Å². The van der Waals surface area contributed by atoms with Gasteiger partial charge in [0.15, 0.2) is 11.5 Å². The molecule has 138 valence electrons. The van der Waals surface area contributed by atoms with Crippen molar-refractivity contribution in [3.8, 4) is 22.1 Å². The van der Waals surface area contributed by atoms with Crippen molar-refractivity contribution in [3.05, 3.63) is 28.8 Å². The number of aryl methyl sites for hydroxylation is 1. The molecule has 0 radical (unpaired) electrons. The number of carbonyl (C=O) groups is 2. The molecule has 0 spiro atoms. The van der Waals surface area contributed by atoms with E-state index >= 15 is 0 Å². The van der Waals surface area contributed by atoms with Crippen LogP contribution in [0.4, 0.5) is 0 Å². The van der Waals surface area contributed by atoms with Gasteiger partial charge in [-0.2, -0.15) is 0 Å². The van der Waals surface area contributed by atoms with Crippen molar-refractivity contribution in [2.24, 2.45) is 0 Å². The Balaban J connectivity index is 1.71. The van der Waals surface area contributed by atoms with E-state index in [4.69, 9.17) is 9.47 Å². The van der Waals surface area contributed by atoms with Crippen LogP contribution < -0.4 is 20.1 Å². The predicted molar refractivity (Wildman–Crippen MR) is 98.9 cm³/mol. The van der Waals surface area contributed by atoms with Gasteiger partial charge >= 0.3 is 0 Å². The Hall–Kier alpha value is -2.61. The lowest BCUT2D eigenvalue weighted by molar-refractivity contribution is -0.120. The maximum atomic E-state index is 12.4. The van der Waals surface area contributed by atoms with Crippen LogP contribution in [-0.2, 0) is 4.79 Å². The van der Waals surface area contributed by atoms with E-state index in [1.165, 1.54) is 11.3 Å². The molecule has 1 aromatic heterocycles. The molecule has 0 aliphatic heterocycles. The third-order valence-electron chi connectivity index (χ3n) is 3.99. The number of ether oxygens (including phenoxy) is 2. The number of benzene rings is 1. The molecule has 26 heavy (non-hydrogen) atoms. The Bertz CT molecular complexity index is 830. The van der Waals surface area contributed by atoms with E-state index in [1.807, 2.05) is 12.1 Å². The van der Waals surface area contributed by atoms with Crippen molar-refractivity contribution in [2.75, 3.05) is 20.8 Å². The molecule has 1 heterocycles. The highest BCUT2D eigenvalue weighted by Crippen LogP contribution is 2.34. The molecule has 0 saturated heterocycles. The average molecular weight is 375 g/mol. The summed E-state index contributed by atoms with van der Waals surface area (Å²) in [5, 5.41) is 6.20. The lowest BCUT2D eigenvalue weighted by atomic mass is 10.2. The summed E-state index contributed by atoms with van der Waals surface area (Å²) >= 11 is 1.28. The zero-order valence-electron chi connectivity index (χ0n) is 14.9. The summed E-state index contributed by atoms with van der Waals surface area (Å²) in [6, 6.07) is 5.76. The number of thiazole rings is 1. The molecule has 0 bridgehead atoms. The first-order valence-electron chi connectivity index (χ1n) is 8.29. The largest absolute Gasteiger partial charge is 0.493 e. The van der Waals surface area contributed by atoms with Crippen LogP contribution in [0, 0.1) is 6.92 Å². The maximum Gasteiger partial charge on any atom is 0.263 e.